The summed E-state index contributed by atoms with van der Waals surface area (Å²) in [7, 11) is 1.70. The zero-order valence-electron chi connectivity index (χ0n) is 14.0. The van der Waals surface area contributed by atoms with Crippen molar-refractivity contribution in [1.29, 1.82) is 0 Å². The summed E-state index contributed by atoms with van der Waals surface area (Å²) in [5.74, 6) is 1.53. The molecule has 5 nitrogen and oxygen atoms in total. The molecule has 0 fully saturated rings. The first-order chi connectivity index (χ1) is 11.0. The summed E-state index contributed by atoms with van der Waals surface area (Å²) in [6.45, 7) is 4.80. The molecule has 0 aliphatic rings. The Morgan fingerprint density at radius 2 is 1.96 bits per heavy atom. The minimum absolute atomic E-state index is 0.0351. The van der Waals surface area contributed by atoms with E-state index in [1.165, 1.54) is 6.07 Å². The molecule has 2 N–H and O–H groups in total. The number of alkyl halides is 2. The number of ether oxygens (including phenoxy) is 2. The molecule has 23 heavy (non-hydrogen) atoms. The zero-order chi connectivity index (χ0) is 17.2. The highest BCUT2D eigenvalue weighted by Crippen LogP contribution is 2.29. The maximum atomic E-state index is 12.4. The van der Waals surface area contributed by atoms with Crippen LogP contribution >= 0.6 is 0 Å². The van der Waals surface area contributed by atoms with Gasteiger partial charge in [-0.3, -0.25) is 4.99 Å². The molecule has 0 aromatic heterocycles. The number of halogens is 2. The molecule has 1 aromatic rings. The Bertz CT molecular complexity index is 508. The van der Waals surface area contributed by atoms with E-state index in [9.17, 15) is 8.78 Å². The fraction of sp³-hybridized carbons (Fsp3) is 0.562. The number of benzene rings is 1. The minimum atomic E-state index is -2.88. The van der Waals surface area contributed by atoms with Gasteiger partial charge in [0.2, 0.25) is 0 Å². The van der Waals surface area contributed by atoms with E-state index in [4.69, 9.17) is 4.74 Å². The van der Waals surface area contributed by atoms with E-state index in [2.05, 4.69) is 34.2 Å². The van der Waals surface area contributed by atoms with Crippen LogP contribution in [0.5, 0.6) is 11.5 Å². The summed E-state index contributed by atoms with van der Waals surface area (Å²) >= 11 is 0. The van der Waals surface area contributed by atoms with Crippen molar-refractivity contribution in [2.45, 2.75) is 33.9 Å². The molecule has 0 saturated heterocycles. The lowest BCUT2D eigenvalue weighted by molar-refractivity contribution is -0.0514. The Hall–Kier alpha value is -2.05. The van der Waals surface area contributed by atoms with E-state index < -0.39 is 6.61 Å². The van der Waals surface area contributed by atoms with Crippen molar-refractivity contribution < 1.29 is 18.3 Å². The van der Waals surface area contributed by atoms with Gasteiger partial charge in [-0.1, -0.05) is 19.9 Å². The van der Waals surface area contributed by atoms with Gasteiger partial charge in [0.15, 0.2) is 17.5 Å². The third-order valence-electron chi connectivity index (χ3n) is 2.89. The summed E-state index contributed by atoms with van der Waals surface area (Å²) in [6, 6.07) is 4.88. The van der Waals surface area contributed by atoms with E-state index in [-0.39, 0.29) is 5.75 Å². The largest absolute Gasteiger partial charge is 0.490 e. The van der Waals surface area contributed by atoms with E-state index in [1.54, 1.807) is 26.1 Å². The number of nitrogens with one attached hydrogen (secondary N) is 2. The van der Waals surface area contributed by atoms with Crippen LogP contribution < -0.4 is 20.1 Å². The normalized spacial score (nSPS) is 11.7. The van der Waals surface area contributed by atoms with Crippen molar-refractivity contribution in [3.8, 4) is 11.5 Å². The van der Waals surface area contributed by atoms with E-state index in [0.29, 0.717) is 30.8 Å². The lowest BCUT2D eigenvalue weighted by Crippen LogP contribution is -2.38. The lowest BCUT2D eigenvalue weighted by Gasteiger charge is -2.15. The second kappa shape index (κ2) is 9.86. The Morgan fingerprint density at radius 3 is 2.52 bits per heavy atom. The standard InChI is InChI=1S/C16H25F2N3O2/c1-5-22-14-8-12(6-7-13(14)23-15(17)18)10-21-16(19-4)20-9-11(2)3/h6-8,11,15H,5,9-10H2,1-4H3,(H2,19,20,21). The second-order valence-corrected chi connectivity index (χ2v) is 5.29. The van der Waals surface area contributed by atoms with Gasteiger partial charge in [-0.2, -0.15) is 8.78 Å². The fourth-order valence-electron chi connectivity index (χ4n) is 1.83. The Labute approximate surface area is 136 Å². The van der Waals surface area contributed by atoms with Crippen molar-refractivity contribution in [2.24, 2.45) is 10.9 Å². The monoisotopic (exact) mass is 329 g/mol. The van der Waals surface area contributed by atoms with E-state index in [1.807, 2.05) is 0 Å². The number of aliphatic imine (C=N–C) groups is 1. The Balaban J connectivity index is 2.71. The summed E-state index contributed by atoms with van der Waals surface area (Å²) < 4.78 is 34.6. The third-order valence-corrected chi connectivity index (χ3v) is 2.89. The molecule has 1 aromatic carbocycles. The molecule has 0 aliphatic carbocycles. The van der Waals surface area contributed by atoms with Crippen LogP contribution in [0.2, 0.25) is 0 Å². The first-order valence-corrected chi connectivity index (χ1v) is 7.61. The van der Waals surface area contributed by atoms with Crippen molar-refractivity contribution in [3.05, 3.63) is 23.8 Å². The van der Waals surface area contributed by atoms with Gasteiger partial charge in [0.1, 0.15) is 0 Å². The van der Waals surface area contributed by atoms with Gasteiger partial charge in [-0.25, -0.2) is 0 Å². The van der Waals surface area contributed by atoms with Crippen LogP contribution in [0, 0.1) is 5.92 Å². The second-order valence-electron chi connectivity index (χ2n) is 5.29. The van der Waals surface area contributed by atoms with Gasteiger partial charge in [-0.15, -0.1) is 0 Å². The molecule has 0 spiro atoms. The molecule has 130 valence electrons. The highest BCUT2D eigenvalue weighted by atomic mass is 19.3. The molecule has 0 atom stereocenters. The van der Waals surface area contributed by atoms with Crippen molar-refractivity contribution in [3.63, 3.8) is 0 Å². The molecule has 0 radical (unpaired) electrons. The van der Waals surface area contributed by atoms with Crippen molar-refractivity contribution >= 4 is 5.96 Å². The van der Waals surface area contributed by atoms with Gasteiger partial charge in [-0.05, 0) is 30.5 Å². The predicted molar refractivity (Wildman–Crippen MR) is 87.3 cm³/mol. The molecule has 0 amide bonds. The smallest absolute Gasteiger partial charge is 0.387 e. The number of hydrogen-bond acceptors (Lipinski definition) is 3. The number of nitrogens with zero attached hydrogens (tertiary/aromatic N) is 1. The molecule has 7 heteroatoms. The van der Waals surface area contributed by atoms with Crippen LogP contribution in [0.3, 0.4) is 0 Å². The predicted octanol–water partition coefficient (Wildman–Crippen LogP) is 3.01. The van der Waals surface area contributed by atoms with Gasteiger partial charge < -0.3 is 20.1 Å². The van der Waals surface area contributed by atoms with Gasteiger partial charge in [0.05, 0.1) is 6.61 Å². The Morgan fingerprint density at radius 1 is 1.22 bits per heavy atom. The van der Waals surface area contributed by atoms with Gasteiger partial charge >= 0.3 is 6.61 Å². The maximum Gasteiger partial charge on any atom is 0.387 e. The van der Waals surface area contributed by atoms with Crippen LogP contribution in [-0.4, -0.2) is 32.8 Å². The number of rotatable bonds is 8. The molecule has 1 rings (SSSR count). The third kappa shape index (κ3) is 7.17. The molecule has 0 heterocycles. The van der Waals surface area contributed by atoms with E-state index >= 15 is 0 Å². The SMILES string of the molecule is CCOc1cc(CNC(=NC)NCC(C)C)ccc1OC(F)F. The summed E-state index contributed by atoms with van der Waals surface area (Å²) in [5, 5.41) is 6.37. The van der Waals surface area contributed by atoms with Gasteiger partial charge in [0.25, 0.3) is 0 Å². The highest BCUT2D eigenvalue weighted by molar-refractivity contribution is 5.79. The maximum absolute atomic E-state index is 12.4. The number of hydrogen-bond donors (Lipinski definition) is 2. The molecular weight excluding hydrogens is 304 g/mol. The molecular formula is C16H25F2N3O2. The quantitative estimate of drug-likeness (QED) is 0.569. The van der Waals surface area contributed by atoms with Crippen LogP contribution in [0.15, 0.2) is 23.2 Å². The molecule has 0 bridgehead atoms. The van der Waals surface area contributed by atoms with E-state index in [0.717, 1.165) is 12.1 Å². The molecule has 0 unspecified atom stereocenters. The molecule has 0 aliphatic heterocycles. The first kappa shape index (κ1) is 19.0. The summed E-state index contributed by atoms with van der Waals surface area (Å²) in [6.07, 6.45) is 0. The Kier molecular flexibility index (Phi) is 8.15. The zero-order valence-corrected chi connectivity index (χ0v) is 14.0. The summed E-state index contributed by atoms with van der Waals surface area (Å²) in [5.41, 5.74) is 0.877. The van der Waals surface area contributed by atoms with Crippen molar-refractivity contribution in [1.82, 2.24) is 10.6 Å². The minimum Gasteiger partial charge on any atom is -0.490 e. The van der Waals surface area contributed by atoms with Crippen LogP contribution in [-0.2, 0) is 6.54 Å². The highest BCUT2D eigenvalue weighted by Gasteiger charge is 2.11. The van der Waals surface area contributed by atoms with Crippen LogP contribution in [0.4, 0.5) is 8.78 Å². The van der Waals surface area contributed by atoms with Crippen molar-refractivity contribution in [2.75, 3.05) is 20.2 Å². The average molecular weight is 329 g/mol. The van der Waals surface area contributed by atoms with Crippen LogP contribution in [0.1, 0.15) is 26.3 Å². The lowest BCUT2D eigenvalue weighted by atomic mass is 10.2. The van der Waals surface area contributed by atoms with Gasteiger partial charge in [0, 0.05) is 20.1 Å². The first-order valence-electron chi connectivity index (χ1n) is 7.61. The average Bonchev–Trinajstić information content (AvgIpc) is 2.49. The molecule has 0 saturated carbocycles. The number of guanidine groups is 1. The topological polar surface area (TPSA) is 54.9 Å². The fourth-order valence-corrected chi connectivity index (χ4v) is 1.83. The summed E-state index contributed by atoms with van der Waals surface area (Å²) in [4.78, 5) is 4.13. The van der Waals surface area contributed by atoms with Crippen LogP contribution in [0.25, 0.3) is 0 Å².